The summed E-state index contributed by atoms with van der Waals surface area (Å²) in [5, 5.41) is 6.73. The summed E-state index contributed by atoms with van der Waals surface area (Å²) >= 11 is 1.85. The van der Waals surface area contributed by atoms with E-state index < -0.39 is 0 Å². The summed E-state index contributed by atoms with van der Waals surface area (Å²) in [5.41, 5.74) is 0. The average Bonchev–Trinajstić information content (AvgIpc) is 2.41. The summed E-state index contributed by atoms with van der Waals surface area (Å²) < 4.78 is 5.96. The third kappa shape index (κ3) is 8.69. The van der Waals surface area contributed by atoms with E-state index in [1.54, 1.807) is 0 Å². The second-order valence-corrected chi connectivity index (χ2v) is 7.36. The van der Waals surface area contributed by atoms with Crippen LogP contribution in [0.4, 0.5) is 0 Å². The van der Waals surface area contributed by atoms with Crippen LogP contribution in [0.2, 0.25) is 0 Å². The minimum atomic E-state index is 0.212. The van der Waals surface area contributed by atoms with Gasteiger partial charge >= 0.3 is 0 Å². The standard InChI is InChI=1S/C15H33N3OS/c1-8-19-13(12(2)3)9-10-17-14(16-6)18-11-15(4,5)20-7/h12-13H,8-11H2,1-7H3,(H2,16,17,18). The fraction of sp³-hybridized carbons (Fsp3) is 0.933. The Labute approximate surface area is 129 Å². The maximum absolute atomic E-state index is 5.75. The Morgan fingerprint density at radius 2 is 1.95 bits per heavy atom. The minimum absolute atomic E-state index is 0.212. The first-order chi connectivity index (χ1) is 9.36. The predicted octanol–water partition coefficient (Wildman–Crippen LogP) is 2.74. The van der Waals surface area contributed by atoms with Crippen molar-refractivity contribution < 1.29 is 4.74 Å². The molecule has 2 N–H and O–H groups in total. The Morgan fingerprint density at radius 1 is 1.30 bits per heavy atom. The van der Waals surface area contributed by atoms with E-state index in [9.17, 15) is 0 Å². The molecule has 0 aliphatic rings. The van der Waals surface area contributed by atoms with E-state index in [0.717, 1.165) is 32.1 Å². The second kappa shape index (κ2) is 10.3. The Kier molecular flexibility index (Phi) is 10.1. The fourth-order valence-electron chi connectivity index (χ4n) is 1.75. The molecule has 0 aromatic heterocycles. The summed E-state index contributed by atoms with van der Waals surface area (Å²) in [5.74, 6) is 1.41. The minimum Gasteiger partial charge on any atom is -0.378 e. The molecule has 120 valence electrons. The van der Waals surface area contributed by atoms with E-state index >= 15 is 0 Å². The summed E-state index contributed by atoms with van der Waals surface area (Å²) in [4.78, 5) is 4.26. The van der Waals surface area contributed by atoms with E-state index in [1.807, 2.05) is 25.7 Å². The number of thioether (sulfide) groups is 1. The molecule has 20 heavy (non-hydrogen) atoms. The zero-order valence-corrected chi connectivity index (χ0v) is 15.1. The lowest BCUT2D eigenvalue weighted by Crippen LogP contribution is -2.44. The first-order valence-corrected chi connectivity index (χ1v) is 8.70. The number of guanidine groups is 1. The fourth-order valence-corrected chi connectivity index (χ4v) is 1.96. The molecule has 0 spiro atoms. The number of rotatable bonds is 9. The first kappa shape index (κ1) is 19.6. The van der Waals surface area contributed by atoms with Crippen molar-refractivity contribution in [1.29, 1.82) is 0 Å². The zero-order valence-electron chi connectivity index (χ0n) is 14.2. The van der Waals surface area contributed by atoms with Crippen molar-refractivity contribution in [3.63, 3.8) is 0 Å². The lowest BCUT2D eigenvalue weighted by atomic mass is 10.0. The van der Waals surface area contributed by atoms with Crippen molar-refractivity contribution in [3.8, 4) is 0 Å². The van der Waals surface area contributed by atoms with E-state index in [2.05, 4.69) is 49.6 Å². The molecule has 0 saturated carbocycles. The topological polar surface area (TPSA) is 45.6 Å². The Hall–Kier alpha value is -0.420. The van der Waals surface area contributed by atoms with Gasteiger partial charge in [0.1, 0.15) is 0 Å². The van der Waals surface area contributed by atoms with E-state index in [4.69, 9.17) is 4.74 Å². The van der Waals surface area contributed by atoms with Crippen LogP contribution in [-0.2, 0) is 4.74 Å². The predicted molar refractivity (Wildman–Crippen MR) is 91.8 cm³/mol. The van der Waals surface area contributed by atoms with Gasteiger partial charge in [0.15, 0.2) is 5.96 Å². The third-order valence-corrected chi connectivity index (χ3v) is 4.55. The van der Waals surface area contributed by atoms with Crippen LogP contribution >= 0.6 is 11.8 Å². The first-order valence-electron chi connectivity index (χ1n) is 7.47. The SMILES string of the molecule is CCOC(CCNC(=NC)NCC(C)(C)SC)C(C)C. The maximum Gasteiger partial charge on any atom is 0.191 e. The molecule has 0 aromatic carbocycles. The highest BCUT2D eigenvalue weighted by Crippen LogP contribution is 2.19. The van der Waals surface area contributed by atoms with Gasteiger partial charge in [0.2, 0.25) is 0 Å². The number of hydrogen-bond acceptors (Lipinski definition) is 3. The number of nitrogens with zero attached hydrogens (tertiary/aromatic N) is 1. The number of ether oxygens (including phenoxy) is 1. The smallest absolute Gasteiger partial charge is 0.191 e. The van der Waals surface area contributed by atoms with Gasteiger partial charge in [-0.15, -0.1) is 0 Å². The van der Waals surface area contributed by atoms with Gasteiger partial charge in [-0.1, -0.05) is 13.8 Å². The highest BCUT2D eigenvalue weighted by atomic mass is 32.2. The monoisotopic (exact) mass is 303 g/mol. The highest BCUT2D eigenvalue weighted by Gasteiger charge is 2.16. The zero-order chi connectivity index (χ0) is 15.6. The van der Waals surface area contributed by atoms with Crippen molar-refractivity contribution in [2.75, 3.05) is 33.0 Å². The van der Waals surface area contributed by atoms with Crippen LogP contribution in [0.15, 0.2) is 4.99 Å². The number of hydrogen-bond donors (Lipinski definition) is 2. The molecular weight excluding hydrogens is 270 g/mol. The van der Waals surface area contributed by atoms with Gasteiger partial charge in [0.05, 0.1) is 6.10 Å². The van der Waals surface area contributed by atoms with Gasteiger partial charge in [0, 0.05) is 31.5 Å². The molecule has 0 aliphatic heterocycles. The molecule has 4 nitrogen and oxygen atoms in total. The lowest BCUT2D eigenvalue weighted by molar-refractivity contribution is 0.0258. The molecule has 1 unspecified atom stereocenters. The Balaban J connectivity index is 4.07. The molecule has 0 rings (SSSR count). The van der Waals surface area contributed by atoms with Crippen LogP contribution in [-0.4, -0.2) is 49.8 Å². The molecule has 0 saturated heterocycles. The number of nitrogens with one attached hydrogen (secondary N) is 2. The van der Waals surface area contributed by atoms with Gasteiger partial charge in [-0.3, -0.25) is 4.99 Å². The quantitative estimate of drug-likeness (QED) is 0.508. The normalized spacial score (nSPS) is 14.5. The van der Waals surface area contributed by atoms with Gasteiger partial charge in [-0.25, -0.2) is 0 Å². The molecule has 0 aromatic rings. The van der Waals surface area contributed by atoms with Crippen LogP contribution in [0.25, 0.3) is 0 Å². The molecule has 0 radical (unpaired) electrons. The molecule has 0 heterocycles. The Morgan fingerprint density at radius 3 is 2.40 bits per heavy atom. The number of aliphatic imine (C=N–C) groups is 1. The van der Waals surface area contributed by atoms with Crippen molar-refractivity contribution in [1.82, 2.24) is 10.6 Å². The Bertz CT molecular complexity index is 280. The maximum atomic E-state index is 5.75. The largest absolute Gasteiger partial charge is 0.378 e. The van der Waals surface area contributed by atoms with E-state index in [1.165, 1.54) is 0 Å². The molecule has 0 amide bonds. The van der Waals surface area contributed by atoms with Crippen LogP contribution in [0.3, 0.4) is 0 Å². The molecule has 0 fully saturated rings. The molecule has 1 atom stereocenters. The highest BCUT2D eigenvalue weighted by molar-refractivity contribution is 7.99. The van der Waals surface area contributed by atoms with Crippen molar-refractivity contribution in [2.45, 2.75) is 51.9 Å². The lowest BCUT2D eigenvalue weighted by Gasteiger charge is -2.25. The van der Waals surface area contributed by atoms with Crippen molar-refractivity contribution in [3.05, 3.63) is 0 Å². The molecule has 0 bridgehead atoms. The van der Waals surface area contributed by atoms with Crippen LogP contribution in [0.5, 0.6) is 0 Å². The average molecular weight is 304 g/mol. The summed E-state index contributed by atoms with van der Waals surface area (Å²) in [7, 11) is 1.81. The van der Waals surface area contributed by atoms with Crippen molar-refractivity contribution >= 4 is 17.7 Å². The van der Waals surface area contributed by atoms with Gasteiger partial charge < -0.3 is 15.4 Å². The van der Waals surface area contributed by atoms with E-state index in [-0.39, 0.29) is 4.75 Å². The van der Waals surface area contributed by atoms with Gasteiger partial charge in [0.25, 0.3) is 0 Å². The second-order valence-electron chi connectivity index (χ2n) is 5.84. The van der Waals surface area contributed by atoms with Crippen LogP contribution in [0, 0.1) is 5.92 Å². The molecule has 5 heteroatoms. The summed E-state index contributed by atoms with van der Waals surface area (Å²) in [6.45, 7) is 13.5. The van der Waals surface area contributed by atoms with Crippen LogP contribution in [0.1, 0.15) is 41.0 Å². The molecule has 0 aliphatic carbocycles. The van der Waals surface area contributed by atoms with E-state index in [0.29, 0.717) is 12.0 Å². The molecular formula is C15H33N3OS. The van der Waals surface area contributed by atoms with Crippen molar-refractivity contribution in [2.24, 2.45) is 10.9 Å². The van der Waals surface area contributed by atoms with Gasteiger partial charge in [-0.2, -0.15) is 11.8 Å². The third-order valence-electron chi connectivity index (χ3n) is 3.30. The summed E-state index contributed by atoms with van der Waals surface area (Å²) in [6, 6.07) is 0. The van der Waals surface area contributed by atoms with Gasteiger partial charge in [-0.05, 0) is 39.4 Å². The summed E-state index contributed by atoms with van der Waals surface area (Å²) in [6.07, 6.45) is 3.44. The van der Waals surface area contributed by atoms with Crippen LogP contribution < -0.4 is 10.6 Å².